The zero-order chi connectivity index (χ0) is 22.8. The number of aromatic amines is 1. The number of rotatable bonds is 6. The molecule has 2 aromatic heterocycles. The van der Waals surface area contributed by atoms with E-state index in [1.807, 2.05) is 48.7 Å². The van der Waals surface area contributed by atoms with Gasteiger partial charge in [0.25, 0.3) is 0 Å². The van der Waals surface area contributed by atoms with Gasteiger partial charge in [-0.25, -0.2) is 14.8 Å². The number of anilines is 2. The van der Waals surface area contributed by atoms with Crippen molar-refractivity contribution in [2.24, 2.45) is 0 Å². The van der Waals surface area contributed by atoms with Crippen LogP contribution in [-0.4, -0.2) is 34.6 Å². The SMILES string of the molecule is CCOC(=O)c1ccc(-c2cc3c(Nc4ccc5[nH]ccc5c4)ncnc3cc2OC)cc1. The predicted octanol–water partition coefficient (Wildman–Crippen LogP) is 5.71. The molecule has 2 N–H and O–H groups in total. The molecule has 0 atom stereocenters. The average Bonchev–Trinajstić information content (AvgIpc) is 3.32. The number of carbonyl (C=O) groups excluding carboxylic acids is 1. The largest absolute Gasteiger partial charge is 0.496 e. The minimum Gasteiger partial charge on any atom is -0.496 e. The van der Waals surface area contributed by atoms with E-state index in [0.29, 0.717) is 23.7 Å². The van der Waals surface area contributed by atoms with E-state index in [1.165, 1.54) is 6.33 Å². The Morgan fingerprint density at radius 2 is 1.88 bits per heavy atom. The van der Waals surface area contributed by atoms with Crippen molar-refractivity contribution in [3.63, 3.8) is 0 Å². The Hall–Kier alpha value is -4.39. The predicted molar refractivity (Wildman–Crippen MR) is 129 cm³/mol. The summed E-state index contributed by atoms with van der Waals surface area (Å²) in [5.41, 5.74) is 5.06. The second-order valence-electron chi connectivity index (χ2n) is 7.49. The van der Waals surface area contributed by atoms with Gasteiger partial charge in [0.2, 0.25) is 0 Å². The summed E-state index contributed by atoms with van der Waals surface area (Å²) >= 11 is 0. The number of nitrogens with zero attached hydrogens (tertiary/aromatic N) is 2. The lowest BCUT2D eigenvalue weighted by molar-refractivity contribution is 0.0526. The number of ether oxygens (including phenoxy) is 2. The Bertz CT molecular complexity index is 1460. The molecule has 0 aliphatic carbocycles. The van der Waals surface area contributed by atoms with Gasteiger partial charge in [-0.1, -0.05) is 12.1 Å². The molecular formula is C26H22N4O3. The highest BCUT2D eigenvalue weighted by Gasteiger charge is 2.14. The normalized spacial score (nSPS) is 11.0. The van der Waals surface area contributed by atoms with Gasteiger partial charge in [-0.2, -0.15) is 0 Å². The highest BCUT2D eigenvalue weighted by Crippen LogP contribution is 2.36. The summed E-state index contributed by atoms with van der Waals surface area (Å²) in [7, 11) is 1.63. The van der Waals surface area contributed by atoms with Crippen molar-refractivity contribution >= 4 is 39.3 Å². The first-order valence-electron chi connectivity index (χ1n) is 10.6. The number of hydrogen-bond donors (Lipinski definition) is 2. The van der Waals surface area contributed by atoms with E-state index in [9.17, 15) is 4.79 Å². The molecule has 33 heavy (non-hydrogen) atoms. The van der Waals surface area contributed by atoms with Crippen LogP contribution >= 0.6 is 0 Å². The Kier molecular flexibility index (Phi) is 5.36. The first-order valence-corrected chi connectivity index (χ1v) is 10.6. The summed E-state index contributed by atoms with van der Waals surface area (Å²) in [6, 6.07) is 19.3. The second kappa shape index (κ2) is 8.63. The van der Waals surface area contributed by atoms with Crippen molar-refractivity contribution in [3.05, 3.63) is 78.8 Å². The van der Waals surface area contributed by atoms with Gasteiger partial charge in [0, 0.05) is 39.8 Å². The minimum atomic E-state index is -0.339. The number of nitrogens with one attached hydrogen (secondary N) is 2. The molecule has 2 heterocycles. The van der Waals surface area contributed by atoms with Crippen LogP contribution in [0.3, 0.4) is 0 Å². The van der Waals surface area contributed by atoms with E-state index in [1.54, 1.807) is 26.2 Å². The maximum Gasteiger partial charge on any atom is 0.338 e. The Balaban J connectivity index is 1.56. The summed E-state index contributed by atoms with van der Waals surface area (Å²) in [6.45, 7) is 2.13. The van der Waals surface area contributed by atoms with Crippen LogP contribution in [0.15, 0.2) is 73.2 Å². The molecule has 0 amide bonds. The number of hydrogen-bond acceptors (Lipinski definition) is 6. The molecular weight excluding hydrogens is 416 g/mol. The Morgan fingerprint density at radius 3 is 2.67 bits per heavy atom. The van der Waals surface area contributed by atoms with Gasteiger partial charge in [-0.3, -0.25) is 0 Å². The second-order valence-corrected chi connectivity index (χ2v) is 7.49. The van der Waals surface area contributed by atoms with Crippen molar-refractivity contribution < 1.29 is 14.3 Å². The first kappa shape index (κ1) is 20.5. The third-order valence-electron chi connectivity index (χ3n) is 5.48. The average molecular weight is 438 g/mol. The molecule has 7 nitrogen and oxygen atoms in total. The standard InChI is InChI=1S/C26H22N4O3/c1-3-33-26(31)17-6-4-16(5-7-17)20-13-21-23(14-24(20)32-2)28-15-29-25(21)30-19-8-9-22-18(12-19)10-11-27-22/h4-15,27H,3H2,1-2H3,(H,28,29,30). The van der Waals surface area contributed by atoms with Gasteiger partial charge in [0.05, 0.1) is 24.8 Å². The van der Waals surface area contributed by atoms with Crippen LogP contribution in [0.5, 0.6) is 5.75 Å². The van der Waals surface area contributed by atoms with Crippen molar-refractivity contribution in [1.29, 1.82) is 0 Å². The number of H-pyrrole nitrogens is 1. The smallest absolute Gasteiger partial charge is 0.338 e. The summed E-state index contributed by atoms with van der Waals surface area (Å²) < 4.78 is 10.7. The molecule has 0 saturated heterocycles. The third-order valence-corrected chi connectivity index (χ3v) is 5.48. The summed E-state index contributed by atoms with van der Waals surface area (Å²) in [6.07, 6.45) is 3.45. The van der Waals surface area contributed by atoms with Gasteiger partial charge >= 0.3 is 5.97 Å². The van der Waals surface area contributed by atoms with E-state index in [0.717, 1.165) is 38.6 Å². The zero-order valence-corrected chi connectivity index (χ0v) is 18.3. The molecule has 3 aromatic carbocycles. The van der Waals surface area contributed by atoms with Crippen LogP contribution in [0.25, 0.3) is 32.9 Å². The fraction of sp³-hybridized carbons (Fsp3) is 0.115. The third kappa shape index (κ3) is 3.96. The van der Waals surface area contributed by atoms with Crippen molar-refractivity contribution in [1.82, 2.24) is 15.0 Å². The van der Waals surface area contributed by atoms with Gasteiger partial charge < -0.3 is 19.8 Å². The van der Waals surface area contributed by atoms with Crippen LogP contribution in [-0.2, 0) is 4.74 Å². The molecule has 0 bridgehead atoms. The maximum atomic E-state index is 12.0. The lowest BCUT2D eigenvalue weighted by atomic mass is 10.0. The fourth-order valence-electron chi connectivity index (χ4n) is 3.85. The van der Waals surface area contributed by atoms with Crippen LogP contribution in [0.1, 0.15) is 17.3 Å². The molecule has 164 valence electrons. The van der Waals surface area contributed by atoms with Crippen LogP contribution < -0.4 is 10.1 Å². The summed E-state index contributed by atoms with van der Waals surface area (Å²) in [4.78, 5) is 24.1. The van der Waals surface area contributed by atoms with Gasteiger partial charge in [0.15, 0.2) is 0 Å². The lowest BCUT2D eigenvalue weighted by Gasteiger charge is -2.14. The lowest BCUT2D eigenvalue weighted by Crippen LogP contribution is -2.04. The molecule has 0 aliphatic heterocycles. The van der Waals surface area contributed by atoms with E-state index in [-0.39, 0.29) is 5.97 Å². The number of aromatic nitrogens is 3. The highest BCUT2D eigenvalue weighted by atomic mass is 16.5. The van der Waals surface area contributed by atoms with Crippen LogP contribution in [0, 0.1) is 0 Å². The van der Waals surface area contributed by atoms with Crippen LogP contribution in [0.4, 0.5) is 11.5 Å². The van der Waals surface area contributed by atoms with Crippen molar-refractivity contribution in [3.8, 4) is 16.9 Å². The van der Waals surface area contributed by atoms with Gasteiger partial charge in [-0.15, -0.1) is 0 Å². The Morgan fingerprint density at radius 1 is 1.03 bits per heavy atom. The molecule has 0 spiro atoms. The van der Waals surface area contributed by atoms with Crippen LogP contribution in [0.2, 0.25) is 0 Å². The first-order chi connectivity index (χ1) is 16.2. The number of esters is 1. The zero-order valence-electron chi connectivity index (χ0n) is 18.3. The maximum absolute atomic E-state index is 12.0. The van der Waals surface area contributed by atoms with Crippen molar-refractivity contribution in [2.45, 2.75) is 6.92 Å². The molecule has 5 rings (SSSR count). The van der Waals surface area contributed by atoms with Gasteiger partial charge in [-0.05, 0) is 55.0 Å². The van der Waals surface area contributed by atoms with Crippen molar-refractivity contribution in [2.75, 3.05) is 19.0 Å². The van der Waals surface area contributed by atoms with Gasteiger partial charge in [0.1, 0.15) is 17.9 Å². The summed E-state index contributed by atoms with van der Waals surface area (Å²) in [5.74, 6) is 1.04. The fourth-order valence-corrected chi connectivity index (χ4v) is 3.85. The van der Waals surface area contributed by atoms with E-state index < -0.39 is 0 Å². The van der Waals surface area contributed by atoms with E-state index in [2.05, 4.69) is 26.3 Å². The molecule has 0 unspecified atom stereocenters. The number of carbonyl (C=O) groups is 1. The van der Waals surface area contributed by atoms with E-state index >= 15 is 0 Å². The highest BCUT2D eigenvalue weighted by molar-refractivity contribution is 5.97. The Labute approximate surface area is 190 Å². The molecule has 0 saturated carbocycles. The monoisotopic (exact) mass is 438 g/mol. The number of methoxy groups -OCH3 is 1. The summed E-state index contributed by atoms with van der Waals surface area (Å²) in [5, 5.41) is 5.39. The molecule has 7 heteroatoms. The number of benzene rings is 3. The number of fused-ring (bicyclic) bond motifs is 2. The molecule has 0 radical (unpaired) electrons. The quantitative estimate of drug-likeness (QED) is 0.330. The topological polar surface area (TPSA) is 89.1 Å². The molecule has 0 fully saturated rings. The van der Waals surface area contributed by atoms with E-state index in [4.69, 9.17) is 9.47 Å². The minimum absolute atomic E-state index is 0.339. The molecule has 5 aromatic rings. The molecule has 0 aliphatic rings.